The van der Waals surface area contributed by atoms with Crippen molar-refractivity contribution in [3.63, 3.8) is 0 Å². The molecule has 0 saturated heterocycles. The highest BCUT2D eigenvalue weighted by atomic mass is 32.2. The zero-order chi connectivity index (χ0) is 30.1. The van der Waals surface area contributed by atoms with Crippen molar-refractivity contribution in [1.82, 2.24) is 8.96 Å². The Bertz CT molecular complexity index is 1960. The lowest BCUT2D eigenvalue weighted by Gasteiger charge is -2.22. The van der Waals surface area contributed by atoms with Crippen LogP contribution in [0, 0.1) is 13.8 Å². The van der Waals surface area contributed by atoms with Gasteiger partial charge in [0.05, 0.1) is 10.4 Å². The topological polar surface area (TPSA) is 106 Å². The minimum atomic E-state index is -3.82. The van der Waals surface area contributed by atoms with Crippen LogP contribution in [-0.4, -0.2) is 50.1 Å². The number of hydrogen-bond donors (Lipinski definition) is 0. The molecule has 0 amide bonds. The fourth-order valence-corrected chi connectivity index (χ4v) is 7.78. The number of anilines is 1. The number of thiazole rings is 1. The Kier molecular flexibility index (Phi) is 8.36. The normalized spacial score (nSPS) is 12.1. The Morgan fingerprint density at radius 2 is 1.57 bits per heavy atom. The summed E-state index contributed by atoms with van der Waals surface area (Å²) in [7, 11) is -7.32. The second-order valence-corrected chi connectivity index (χ2v) is 15.5. The lowest BCUT2D eigenvalue weighted by molar-refractivity contribution is 0.101. The summed E-state index contributed by atoms with van der Waals surface area (Å²) in [6, 6.07) is 24.1. The molecule has 3 aromatic carbocycles. The van der Waals surface area contributed by atoms with Gasteiger partial charge in [-0.05, 0) is 49.6 Å². The number of carbonyl (C=O) groups is 1. The smallest absolute Gasteiger partial charge is 0.268 e. The molecular formula is C31H31N3O5S3. The highest BCUT2D eigenvalue weighted by molar-refractivity contribution is 7.91. The number of Topliss-reactive ketones (excluding diaryl/α,β-unsaturated/α-hetero) is 1. The highest BCUT2D eigenvalue weighted by Crippen LogP contribution is 2.30. The monoisotopic (exact) mass is 621 g/mol. The Hall–Kier alpha value is -3.80. The van der Waals surface area contributed by atoms with Gasteiger partial charge < -0.3 is 4.90 Å². The molecule has 0 aliphatic heterocycles. The minimum absolute atomic E-state index is 0.166. The van der Waals surface area contributed by atoms with Crippen molar-refractivity contribution in [3.05, 3.63) is 112 Å². The number of nitrogens with zero attached hydrogens (tertiary/aromatic N) is 3. The van der Waals surface area contributed by atoms with Gasteiger partial charge in [-0.2, -0.15) is 0 Å². The molecule has 0 aliphatic carbocycles. The van der Waals surface area contributed by atoms with Gasteiger partial charge in [0.1, 0.15) is 11.4 Å². The Morgan fingerprint density at radius 3 is 2.26 bits per heavy atom. The second kappa shape index (κ2) is 11.8. The minimum Gasteiger partial charge on any atom is -0.343 e. The first-order valence-electron chi connectivity index (χ1n) is 13.3. The maximum Gasteiger partial charge on any atom is 0.268 e. The number of hydrogen-bond acceptors (Lipinski definition) is 8. The van der Waals surface area contributed by atoms with Crippen molar-refractivity contribution < 1.29 is 21.6 Å². The van der Waals surface area contributed by atoms with E-state index in [9.17, 15) is 21.6 Å². The summed E-state index contributed by atoms with van der Waals surface area (Å²) in [6.07, 6.45) is 3.23. The number of benzene rings is 3. The Balaban J connectivity index is 1.49. The number of rotatable bonds is 11. The van der Waals surface area contributed by atoms with E-state index in [2.05, 4.69) is 4.98 Å². The molecule has 42 heavy (non-hydrogen) atoms. The first-order valence-corrected chi connectivity index (χ1v) is 17.6. The number of ketones is 1. The van der Waals surface area contributed by atoms with Crippen molar-refractivity contribution in [3.8, 4) is 0 Å². The molecule has 2 heterocycles. The van der Waals surface area contributed by atoms with Crippen molar-refractivity contribution in [1.29, 1.82) is 0 Å². The third-order valence-electron chi connectivity index (χ3n) is 6.92. The van der Waals surface area contributed by atoms with E-state index in [1.54, 1.807) is 43.5 Å². The molecule has 0 N–H and O–H groups in total. The van der Waals surface area contributed by atoms with Gasteiger partial charge in [-0.25, -0.2) is 25.8 Å². The Morgan fingerprint density at radius 1 is 0.905 bits per heavy atom. The molecule has 0 aliphatic rings. The number of para-hydroxylation sites is 1. The number of fused-ring (bicyclic) bond motifs is 1. The summed E-state index contributed by atoms with van der Waals surface area (Å²) in [5.74, 6) is -1.12. The van der Waals surface area contributed by atoms with Crippen molar-refractivity contribution in [2.75, 3.05) is 23.5 Å². The molecule has 218 valence electrons. The van der Waals surface area contributed by atoms with Crippen LogP contribution in [0.1, 0.15) is 32.1 Å². The largest absolute Gasteiger partial charge is 0.343 e. The van der Waals surface area contributed by atoms with E-state index < -0.39 is 31.4 Å². The van der Waals surface area contributed by atoms with Crippen molar-refractivity contribution in [2.24, 2.45) is 0 Å². The van der Waals surface area contributed by atoms with E-state index in [1.165, 1.54) is 15.3 Å². The fourth-order valence-electron chi connectivity index (χ4n) is 4.82. The van der Waals surface area contributed by atoms with Gasteiger partial charge in [0.2, 0.25) is 0 Å². The van der Waals surface area contributed by atoms with Crippen molar-refractivity contribution >= 4 is 53.0 Å². The average Bonchev–Trinajstić information content (AvgIpc) is 3.52. The van der Waals surface area contributed by atoms with Crippen LogP contribution in [0.15, 0.2) is 90.0 Å². The quantitative estimate of drug-likeness (QED) is 0.181. The molecular weight excluding hydrogens is 591 g/mol. The highest BCUT2D eigenvalue weighted by Gasteiger charge is 2.24. The van der Waals surface area contributed by atoms with Crippen LogP contribution in [0.5, 0.6) is 0 Å². The SMILES string of the molecule is Cc1ccc(S(=O)(=O)n2cc(CCN(Cc3ccccc3)c3nc(C(=O)CS(C)(=O)=O)c(C)s3)c3ccccc32)cc1. The standard InChI is InChI=1S/C31H31N3O5S3/c1-22-13-15-26(16-14-22)42(38,39)34-20-25(27-11-7-8-12-28(27)34)17-18-33(19-24-9-5-4-6-10-24)31-32-30(23(2)40-31)29(35)21-41(3,36)37/h4-16,20H,17-19,21H2,1-3H3. The molecule has 0 unspecified atom stereocenters. The lowest BCUT2D eigenvalue weighted by atomic mass is 10.1. The summed E-state index contributed by atoms with van der Waals surface area (Å²) in [5.41, 5.74) is 3.64. The maximum absolute atomic E-state index is 13.6. The molecule has 0 saturated carbocycles. The summed E-state index contributed by atoms with van der Waals surface area (Å²) in [5, 5.41) is 1.44. The summed E-state index contributed by atoms with van der Waals surface area (Å²) in [6.45, 7) is 4.67. The zero-order valence-electron chi connectivity index (χ0n) is 23.5. The van der Waals surface area contributed by atoms with Gasteiger partial charge in [0, 0.05) is 35.8 Å². The van der Waals surface area contributed by atoms with Gasteiger partial charge >= 0.3 is 0 Å². The molecule has 0 spiro atoms. The molecule has 0 bridgehead atoms. The molecule has 2 aromatic heterocycles. The van der Waals surface area contributed by atoms with Crippen LogP contribution in [0.25, 0.3) is 10.9 Å². The van der Waals surface area contributed by atoms with E-state index in [-0.39, 0.29) is 10.6 Å². The molecule has 5 aromatic rings. The molecule has 11 heteroatoms. The summed E-state index contributed by atoms with van der Waals surface area (Å²) < 4.78 is 52.1. The average molecular weight is 622 g/mol. The van der Waals surface area contributed by atoms with Gasteiger partial charge in [-0.15, -0.1) is 11.3 Å². The van der Waals surface area contributed by atoms with Gasteiger partial charge in [0.25, 0.3) is 10.0 Å². The third-order valence-corrected chi connectivity index (χ3v) is 10.4. The van der Waals surface area contributed by atoms with Crippen molar-refractivity contribution in [2.45, 2.75) is 31.7 Å². The van der Waals surface area contributed by atoms with Crippen LogP contribution in [0.3, 0.4) is 0 Å². The summed E-state index contributed by atoms with van der Waals surface area (Å²) >= 11 is 1.34. The maximum atomic E-state index is 13.6. The first-order chi connectivity index (χ1) is 19.9. The van der Waals surface area contributed by atoms with E-state index in [0.717, 1.165) is 28.3 Å². The molecule has 0 fully saturated rings. The van der Waals surface area contributed by atoms with Crippen LogP contribution >= 0.6 is 11.3 Å². The summed E-state index contributed by atoms with van der Waals surface area (Å²) in [4.78, 5) is 20.2. The van der Waals surface area contributed by atoms with E-state index in [1.807, 2.05) is 60.4 Å². The zero-order valence-corrected chi connectivity index (χ0v) is 26.0. The number of carbonyl (C=O) groups excluding carboxylic acids is 1. The molecule has 8 nitrogen and oxygen atoms in total. The predicted octanol–water partition coefficient (Wildman–Crippen LogP) is 5.43. The second-order valence-electron chi connectivity index (χ2n) is 10.3. The van der Waals surface area contributed by atoms with Gasteiger partial charge in [0.15, 0.2) is 20.8 Å². The van der Waals surface area contributed by atoms with E-state index >= 15 is 0 Å². The fraction of sp³-hybridized carbons (Fsp3) is 0.226. The lowest BCUT2D eigenvalue weighted by Crippen LogP contribution is -2.25. The van der Waals surface area contributed by atoms with Crippen LogP contribution < -0.4 is 4.90 Å². The number of aromatic nitrogens is 2. The Labute approximate surface area is 250 Å². The molecule has 5 rings (SSSR count). The van der Waals surface area contributed by atoms with Crippen LogP contribution in [0.2, 0.25) is 0 Å². The number of sulfone groups is 1. The molecule has 0 radical (unpaired) electrons. The van der Waals surface area contributed by atoms with E-state index in [0.29, 0.717) is 35.0 Å². The first kappa shape index (κ1) is 29.7. The number of aryl methyl sites for hydroxylation is 2. The van der Waals surface area contributed by atoms with Crippen LogP contribution in [0.4, 0.5) is 5.13 Å². The van der Waals surface area contributed by atoms with Gasteiger partial charge in [-0.3, -0.25) is 4.79 Å². The molecule has 0 atom stereocenters. The predicted molar refractivity (Wildman–Crippen MR) is 168 cm³/mol. The van der Waals surface area contributed by atoms with E-state index in [4.69, 9.17) is 0 Å². The van der Waals surface area contributed by atoms with Crippen LogP contribution in [-0.2, 0) is 32.8 Å². The van der Waals surface area contributed by atoms with Gasteiger partial charge in [-0.1, -0.05) is 66.2 Å². The third kappa shape index (κ3) is 6.48.